The first-order chi connectivity index (χ1) is 9.04. The molecule has 5 heteroatoms. The molecule has 2 heterocycles. The largest absolute Gasteiger partial charge is 0.377 e. The Bertz CT molecular complexity index is 756. The topological polar surface area (TPSA) is 59.2 Å². The van der Waals surface area contributed by atoms with Crippen molar-refractivity contribution in [3.63, 3.8) is 0 Å². The third kappa shape index (κ3) is 2.43. The van der Waals surface area contributed by atoms with Crippen LogP contribution in [0.2, 0.25) is 0 Å². The SMILES string of the molecule is CS(=O)(=O)c1ccc2[nH]c(C3=CCOCC3)cc2c1. The Labute approximate surface area is 112 Å². The zero-order valence-corrected chi connectivity index (χ0v) is 11.5. The molecule has 1 aromatic heterocycles. The molecular formula is C14H15NO3S. The van der Waals surface area contributed by atoms with Crippen molar-refractivity contribution in [1.82, 2.24) is 4.98 Å². The number of hydrogen-bond acceptors (Lipinski definition) is 3. The second-order valence-electron chi connectivity index (χ2n) is 4.76. The number of benzene rings is 1. The van der Waals surface area contributed by atoms with E-state index in [9.17, 15) is 8.42 Å². The third-order valence-electron chi connectivity index (χ3n) is 3.33. The highest BCUT2D eigenvalue weighted by atomic mass is 32.2. The molecular weight excluding hydrogens is 262 g/mol. The van der Waals surface area contributed by atoms with Crippen molar-refractivity contribution in [3.05, 3.63) is 36.0 Å². The van der Waals surface area contributed by atoms with Gasteiger partial charge in [-0.05, 0) is 36.3 Å². The Balaban J connectivity index is 2.08. The van der Waals surface area contributed by atoms with Gasteiger partial charge in [0.25, 0.3) is 0 Å². The second-order valence-corrected chi connectivity index (χ2v) is 6.77. The van der Waals surface area contributed by atoms with Crippen LogP contribution in [-0.2, 0) is 14.6 Å². The van der Waals surface area contributed by atoms with Crippen LogP contribution in [0.4, 0.5) is 0 Å². The van der Waals surface area contributed by atoms with Gasteiger partial charge in [0.2, 0.25) is 0 Å². The minimum atomic E-state index is -3.16. The molecule has 19 heavy (non-hydrogen) atoms. The number of ether oxygens (including phenoxy) is 1. The van der Waals surface area contributed by atoms with Crippen molar-refractivity contribution in [2.45, 2.75) is 11.3 Å². The van der Waals surface area contributed by atoms with Gasteiger partial charge in [0.05, 0.1) is 18.1 Å². The lowest BCUT2D eigenvalue weighted by Crippen LogP contribution is -2.03. The molecule has 1 aliphatic heterocycles. The van der Waals surface area contributed by atoms with Gasteiger partial charge in [0.1, 0.15) is 0 Å². The smallest absolute Gasteiger partial charge is 0.175 e. The van der Waals surface area contributed by atoms with Gasteiger partial charge in [-0.15, -0.1) is 0 Å². The molecule has 0 spiro atoms. The summed E-state index contributed by atoms with van der Waals surface area (Å²) in [6.07, 6.45) is 4.17. The molecule has 2 aromatic rings. The van der Waals surface area contributed by atoms with Gasteiger partial charge in [0.15, 0.2) is 9.84 Å². The number of sulfone groups is 1. The summed E-state index contributed by atoms with van der Waals surface area (Å²) in [6.45, 7) is 1.37. The summed E-state index contributed by atoms with van der Waals surface area (Å²) in [6, 6.07) is 7.16. The number of hydrogen-bond donors (Lipinski definition) is 1. The van der Waals surface area contributed by atoms with Crippen molar-refractivity contribution in [2.75, 3.05) is 19.5 Å². The molecule has 0 amide bonds. The first-order valence-electron chi connectivity index (χ1n) is 6.14. The number of fused-ring (bicyclic) bond motifs is 1. The third-order valence-corrected chi connectivity index (χ3v) is 4.44. The molecule has 0 saturated carbocycles. The minimum absolute atomic E-state index is 0.353. The Morgan fingerprint density at radius 1 is 1.26 bits per heavy atom. The Morgan fingerprint density at radius 2 is 2.11 bits per heavy atom. The molecule has 1 aliphatic rings. The van der Waals surface area contributed by atoms with Gasteiger partial charge >= 0.3 is 0 Å². The molecule has 0 fully saturated rings. The zero-order valence-electron chi connectivity index (χ0n) is 10.6. The molecule has 100 valence electrons. The fourth-order valence-electron chi connectivity index (χ4n) is 2.29. The quantitative estimate of drug-likeness (QED) is 0.916. The highest BCUT2D eigenvalue weighted by molar-refractivity contribution is 7.90. The predicted octanol–water partition coefficient (Wildman–Crippen LogP) is 2.38. The van der Waals surface area contributed by atoms with E-state index in [1.54, 1.807) is 12.1 Å². The molecule has 0 atom stereocenters. The summed E-state index contributed by atoms with van der Waals surface area (Å²) < 4.78 is 28.4. The van der Waals surface area contributed by atoms with E-state index in [2.05, 4.69) is 11.1 Å². The van der Waals surface area contributed by atoms with Crippen molar-refractivity contribution in [2.24, 2.45) is 0 Å². The number of aromatic amines is 1. The highest BCUT2D eigenvalue weighted by Gasteiger charge is 2.12. The maximum atomic E-state index is 11.5. The second kappa shape index (κ2) is 4.51. The average molecular weight is 277 g/mol. The lowest BCUT2D eigenvalue weighted by atomic mass is 10.1. The molecule has 1 aromatic carbocycles. The van der Waals surface area contributed by atoms with Crippen molar-refractivity contribution in [3.8, 4) is 0 Å². The van der Waals surface area contributed by atoms with Gasteiger partial charge in [-0.1, -0.05) is 6.08 Å². The normalized spacial score (nSPS) is 16.6. The molecule has 0 radical (unpaired) electrons. The van der Waals surface area contributed by atoms with Gasteiger partial charge < -0.3 is 9.72 Å². The Kier molecular flexibility index (Phi) is 2.95. The fraction of sp³-hybridized carbons (Fsp3) is 0.286. The molecule has 0 unspecified atom stereocenters. The summed E-state index contributed by atoms with van der Waals surface area (Å²) >= 11 is 0. The van der Waals surface area contributed by atoms with Crippen LogP contribution >= 0.6 is 0 Å². The zero-order chi connectivity index (χ0) is 13.5. The van der Waals surface area contributed by atoms with Crippen LogP contribution < -0.4 is 0 Å². The van der Waals surface area contributed by atoms with Crippen LogP contribution in [0.15, 0.2) is 35.2 Å². The molecule has 3 rings (SSSR count). The van der Waals surface area contributed by atoms with E-state index in [-0.39, 0.29) is 0 Å². The van der Waals surface area contributed by atoms with Crippen LogP contribution in [0.1, 0.15) is 12.1 Å². The lowest BCUT2D eigenvalue weighted by molar-refractivity contribution is 0.161. The molecule has 1 N–H and O–H groups in total. The van der Waals surface area contributed by atoms with Crippen molar-refractivity contribution in [1.29, 1.82) is 0 Å². The molecule has 0 saturated heterocycles. The molecule has 4 nitrogen and oxygen atoms in total. The highest BCUT2D eigenvalue weighted by Crippen LogP contribution is 2.26. The van der Waals surface area contributed by atoms with Gasteiger partial charge in [-0.2, -0.15) is 0 Å². The standard InChI is InChI=1S/C14H15NO3S/c1-19(16,17)12-2-3-13-11(8-12)9-14(15-13)10-4-6-18-7-5-10/h2-4,8-9,15H,5-7H2,1H3. The van der Waals surface area contributed by atoms with Crippen LogP contribution in [0.3, 0.4) is 0 Å². The van der Waals surface area contributed by atoms with E-state index in [0.29, 0.717) is 11.5 Å². The van der Waals surface area contributed by atoms with E-state index < -0.39 is 9.84 Å². The fourth-order valence-corrected chi connectivity index (χ4v) is 2.94. The Hall–Kier alpha value is -1.59. The maximum Gasteiger partial charge on any atom is 0.175 e. The van der Waals surface area contributed by atoms with Gasteiger partial charge in [-0.3, -0.25) is 0 Å². The maximum absolute atomic E-state index is 11.5. The number of nitrogens with one attached hydrogen (secondary N) is 1. The van der Waals surface area contributed by atoms with E-state index in [1.807, 2.05) is 12.1 Å². The monoisotopic (exact) mass is 277 g/mol. The summed E-state index contributed by atoms with van der Waals surface area (Å²) in [4.78, 5) is 3.68. The van der Waals surface area contributed by atoms with Crippen molar-refractivity contribution < 1.29 is 13.2 Å². The average Bonchev–Trinajstić information content (AvgIpc) is 2.81. The minimum Gasteiger partial charge on any atom is -0.377 e. The van der Waals surface area contributed by atoms with Gasteiger partial charge in [0, 0.05) is 22.9 Å². The van der Waals surface area contributed by atoms with E-state index >= 15 is 0 Å². The van der Waals surface area contributed by atoms with E-state index in [1.165, 1.54) is 11.8 Å². The molecule has 0 bridgehead atoms. The summed E-state index contributed by atoms with van der Waals surface area (Å²) in [7, 11) is -3.16. The number of aromatic nitrogens is 1. The Morgan fingerprint density at radius 3 is 2.79 bits per heavy atom. The first-order valence-corrected chi connectivity index (χ1v) is 8.03. The summed E-state index contributed by atoms with van der Waals surface area (Å²) in [5.74, 6) is 0. The van der Waals surface area contributed by atoms with Crippen molar-refractivity contribution >= 4 is 26.3 Å². The predicted molar refractivity (Wildman–Crippen MR) is 74.8 cm³/mol. The lowest BCUT2D eigenvalue weighted by Gasteiger charge is -2.11. The summed E-state index contributed by atoms with van der Waals surface area (Å²) in [5, 5.41) is 0.922. The molecule has 0 aliphatic carbocycles. The van der Waals surface area contributed by atoms with Gasteiger partial charge in [-0.25, -0.2) is 8.42 Å². The number of rotatable bonds is 2. The van der Waals surface area contributed by atoms with E-state index in [4.69, 9.17) is 4.74 Å². The van der Waals surface area contributed by atoms with Crippen LogP contribution in [0, 0.1) is 0 Å². The number of H-pyrrole nitrogens is 1. The van der Waals surface area contributed by atoms with Crippen LogP contribution in [0.5, 0.6) is 0 Å². The van der Waals surface area contributed by atoms with E-state index in [0.717, 1.165) is 29.6 Å². The van der Waals surface area contributed by atoms with Crippen LogP contribution in [0.25, 0.3) is 16.5 Å². The van der Waals surface area contributed by atoms with Crippen LogP contribution in [-0.4, -0.2) is 32.9 Å². The first kappa shape index (κ1) is 12.4. The summed E-state index contributed by atoms with van der Waals surface area (Å²) in [5.41, 5.74) is 3.22.